The van der Waals surface area contributed by atoms with E-state index >= 15 is 0 Å². The van der Waals surface area contributed by atoms with E-state index in [9.17, 15) is 27.2 Å². The van der Waals surface area contributed by atoms with Gasteiger partial charge in [0.15, 0.2) is 0 Å². The van der Waals surface area contributed by atoms with Crippen LogP contribution in [0.4, 0.5) is 23.2 Å². The number of aryl methyl sites for hydroxylation is 1. The number of para-hydroxylation sites is 1. The van der Waals surface area contributed by atoms with E-state index in [0.29, 0.717) is 5.56 Å². The first-order valence-corrected chi connectivity index (χ1v) is 10.5. The van der Waals surface area contributed by atoms with Crippen molar-refractivity contribution in [2.24, 2.45) is 0 Å². The molecule has 0 bridgehead atoms. The van der Waals surface area contributed by atoms with Gasteiger partial charge in [-0.25, -0.2) is 4.39 Å². The highest BCUT2D eigenvalue weighted by Gasteiger charge is 2.55. The third-order valence-electron chi connectivity index (χ3n) is 6.00. The number of carbonyl (C=O) groups is 2. The molecule has 0 radical (unpaired) electrons. The fraction of sp³-hybridized carbons (Fsp3) is 0.391. The van der Waals surface area contributed by atoms with Crippen LogP contribution < -0.4 is 16.0 Å². The van der Waals surface area contributed by atoms with Crippen molar-refractivity contribution < 1.29 is 27.2 Å². The summed E-state index contributed by atoms with van der Waals surface area (Å²) in [5, 5.41) is 7.66. The molecule has 2 aromatic rings. The van der Waals surface area contributed by atoms with Gasteiger partial charge in [0.25, 0.3) is 0 Å². The molecule has 2 aliphatic rings. The van der Waals surface area contributed by atoms with Crippen molar-refractivity contribution in [3.8, 4) is 11.1 Å². The maximum atomic E-state index is 15.0. The third kappa shape index (κ3) is 4.28. The largest absolute Gasteiger partial charge is 0.471 e. The zero-order chi connectivity index (χ0) is 23.1. The zero-order valence-electron chi connectivity index (χ0n) is 17.4. The molecule has 3 N–H and O–H groups in total. The Morgan fingerprint density at radius 1 is 1.16 bits per heavy atom. The first-order chi connectivity index (χ1) is 15.1. The predicted molar refractivity (Wildman–Crippen MR) is 111 cm³/mol. The summed E-state index contributed by atoms with van der Waals surface area (Å²) in [4.78, 5) is 23.7. The summed E-state index contributed by atoms with van der Waals surface area (Å²) in [5.74, 6) is -3.45. The fourth-order valence-electron chi connectivity index (χ4n) is 4.03. The lowest BCUT2D eigenvalue weighted by Crippen LogP contribution is -2.53. The number of hydrogen-bond acceptors (Lipinski definition) is 3. The van der Waals surface area contributed by atoms with Gasteiger partial charge in [0.2, 0.25) is 5.91 Å². The molecule has 1 unspecified atom stereocenters. The Balaban J connectivity index is 1.49. The van der Waals surface area contributed by atoms with Gasteiger partial charge in [-0.15, -0.1) is 0 Å². The average molecular weight is 449 g/mol. The number of alkyl halides is 3. The summed E-state index contributed by atoms with van der Waals surface area (Å²) >= 11 is 0. The predicted octanol–water partition coefficient (Wildman–Crippen LogP) is 4.24. The summed E-state index contributed by atoms with van der Waals surface area (Å²) in [6, 6.07) is 9.80. The standard InChI is InChI=1S/C23H23F4N3O2/c1-13(29-20(31)22(9-10-22)30-21(32)23(25,26)27)16-8-7-15(12-18(16)24)17-6-2-4-14-5-3-11-28-19(14)17/h2,4,6-8,12-13,28H,3,5,9-11H2,1H3,(H,29,31)(H,30,32). The van der Waals surface area contributed by atoms with Gasteiger partial charge in [-0.3, -0.25) is 9.59 Å². The first-order valence-electron chi connectivity index (χ1n) is 10.5. The molecular formula is C23H23F4N3O2. The SMILES string of the molecule is CC(NC(=O)C1(NC(=O)C(F)(F)F)CC1)c1ccc(-c2cccc3c2NCCC3)cc1F. The Morgan fingerprint density at radius 3 is 2.56 bits per heavy atom. The highest BCUT2D eigenvalue weighted by Crippen LogP contribution is 2.38. The lowest BCUT2D eigenvalue weighted by atomic mass is 9.94. The molecule has 5 nitrogen and oxygen atoms in total. The summed E-state index contributed by atoms with van der Waals surface area (Å²) in [7, 11) is 0. The van der Waals surface area contributed by atoms with Gasteiger partial charge in [-0.2, -0.15) is 13.2 Å². The lowest BCUT2D eigenvalue weighted by Gasteiger charge is -2.23. The molecule has 2 amide bonds. The summed E-state index contributed by atoms with van der Waals surface area (Å²) in [6.07, 6.45) is -2.89. The van der Waals surface area contributed by atoms with Gasteiger partial charge in [0, 0.05) is 23.4 Å². The summed E-state index contributed by atoms with van der Waals surface area (Å²) < 4.78 is 52.6. The molecule has 32 heavy (non-hydrogen) atoms. The number of anilines is 1. The van der Waals surface area contributed by atoms with Crippen LogP contribution in [-0.4, -0.2) is 30.1 Å². The average Bonchev–Trinajstić information content (AvgIpc) is 3.53. The maximum Gasteiger partial charge on any atom is 0.471 e. The van der Waals surface area contributed by atoms with E-state index in [1.54, 1.807) is 24.4 Å². The van der Waals surface area contributed by atoms with Crippen LogP contribution in [-0.2, 0) is 16.0 Å². The van der Waals surface area contributed by atoms with Gasteiger partial charge >= 0.3 is 12.1 Å². The van der Waals surface area contributed by atoms with E-state index in [0.717, 1.165) is 30.6 Å². The van der Waals surface area contributed by atoms with Crippen LogP contribution >= 0.6 is 0 Å². The number of halogens is 4. The van der Waals surface area contributed by atoms with Crippen LogP contribution in [0.2, 0.25) is 0 Å². The number of rotatable bonds is 5. The van der Waals surface area contributed by atoms with Crippen molar-refractivity contribution in [3.63, 3.8) is 0 Å². The number of hydrogen-bond donors (Lipinski definition) is 3. The Bertz CT molecular complexity index is 1060. The maximum absolute atomic E-state index is 15.0. The Hall–Kier alpha value is -3.10. The van der Waals surface area contributed by atoms with E-state index in [1.807, 2.05) is 18.2 Å². The monoisotopic (exact) mass is 449 g/mol. The Labute approximate surface area is 182 Å². The van der Waals surface area contributed by atoms with E-state index in [2.05, 4.69) is 10.6 Å². The lowest BCUT2D eigenvalue weighted by molar-refractivity contribution is -0.175. The topological polar surface area (TPSA) is 70.2 Å². The van der Waals surface area contributed by atoms with Gasteiger partial charge in [0.05, 0.1) is 6.04 Å². The zero-order valence-corrected chi connectivity index (χ0v) is 17.4. The number of benzene rings is 2. The van der Waals surface area contributed by atoms with Crippen molar-refractivity contribution in [1.82, 2.24) is 10.6 Å². The molecule has 0 aromatic heterocycles. The molecule has 1 saturated carbocycles. The first kappa shape index (κ1) is 22.1. The molecule has 170 valence electrons. The van der Waals surface area contributed by atoms with Gasteiger partial charge in [-0.05, 0) is 49.8 Å². The van der Waals surface area contributed by atoms with Gasteiger partial charge < -0.3 is 16.0 Å². The molecule has 0 saturated heterocycles. The Kier molecular flexibility index (Phi) is 5.60. The van der Waals surface area contributed by atoms with Crippen molar-refractivity contribution in [2.75, 3.05) is 11.9 Å². The molecule has 4 rings (SSSR count). The Morgan fingerprint density at radius 2 is 1.91 bits per heavy atom. The smallest absolute Gasteiger partial charge is 0.384 e. The second-order valence-electron chi connectivity index (χ2n) is 8.34. The van der Waals surface area contributed by atoms with E-state index in [4.69, 9.17) is 0 Å². The van der Waals surface area contributed by atoms with Gasteiger partial charge in [0.1, 0.15) is 11.4 Å². The summed E-state index contributed by atoms with van der Waals surface area (Å²) in [6.45, 7) is 2.39. The van der Waals surface area contributed by atoms with Crippen LogP contribution in [0.5, 0.6) is 0 Å². The highest BCUT2D eigenvalue weighted by molar-refractivity contribution is 5.95. The number of amides is 2. The highest BCUT2D eigenvalue weighted by atomic mass is 19.4. The van der Waals surface area contributed by atoms with Crippen molar-refractivity contribution >= 4 is 17.5 Å². The van der Waals surface area contributed by atoms with Crippen LogP contribution in [0.3, 0.4) is 0 Å². The number of carbonyl (C=O) groups excluding carboxylic acids is 2. The number of fused-ring (bicyclic) bond motifs is 1. The minimum absolute atomic E-state index is 0.0981. The third-order valence-corrected chi connectivity index (χ3v) is 6.00. The van der Waals surface area contributed by atoms with E-state index < -0.39 is 35.4 Å². The fourth-order valence-corrected chi connectivity index (χ4v) is 4.03. The normalized spacial score (nSPS) is 17.5. The van der Waals surface area contributed by atoms with Gasteiger partial charge in [-0.1, -0.05) is 30.3 Å². The molecular weight excluding hydrogens is 426 g/mol. The minimum Gasteiger partial charge on any atom is -0.384 e. The van der Waals surface area contributed by atoms with Crippen LogP contribution in [0.15, 0.2) is 36.4 Å². The molecule has 1 heterocycles. The quantitative estimate of drug-likeness (QED) is 0.598. The van der Waals surface area contributed by atoms with Crippen molar-refractivity contribution in [1.29, 1.82) is 0 Å². The second-order valence-corrected chi connectivity index (χ2v) is 8.34. The van der Waals surface area contributed by atoms with E-state index in [1.165, 1.54) is 11.6 Å². The molecule has 1 atom stereocenters. The summed E-state index contributed by atoms with van der Waals surface area (Å²) in [5.41, 5.74) is 2.35. The second kappa shape index (κ2) is 8.11. The molecule has 1 fully saturated rings. The molecule has 1 aliphatic heterocycles. The minimum atomic E-state index is -5.07. The number of nitrogens with one attached hydrogen (secondary N) is 3. The molecule has 0 spiro atoms. The molecule has 9 heteroatoms. The van der Waals surface area contributed by atoms with Crippen molar-refractivity contribution in [3.05, 3.63) is 53.3 Å². The van der Waals surface area contributed by atoms with Crippen molar-refractivity contribution in [2.45, 2.75) is 50.4 Å². The van der Waals surface area contributed by atoms with Crippen LogP contribution in [0, 0.1) is 5.82 Å². The molecule has 2 aromatic carbocycles. The molecule has 1 aliphatic carbocycles. The van der Waals surface area contributed by atoms with Crippen LogP contribution in [0.1, 0.15) is 43.4 Å². The van der Waals surface area contributed by atoms with E-state index in [-0.39, 0.29) is 18.4 Å². The van der Waals surface area contributed by atoms with Crippen LogP contribution in [0.25, 0.3) is 11.1 Å².